The van der Waals surface area contributed by atoms with Gasteiger partial charge in [0.05, 0.1) is 0 Å². The zero-order valence-corrected chi connectivity index (χ0v) is 15.9. The first kappa shape index (κ1) is 18.9. The van der Waals surface area contributed by atoms with Crippen LogP contribution in [0.2, 0.25) is 0 Å². The minimum atomic E-state index is -1.18. The van der Waals surface area contributed by atoms with Crippen molar-refractivity contribution in [1.29, 1.82) is 0 Å². The van der Waals surface area contributed by atoms with Gasteiger partial charge >= 0.3 is 6.03 Å². The third-order valence-corrected chi connectivity index (χ3v) is 5.25. The van der Waals surface area contributed by atoms with E-state index in [1.54, 1.807) is 6.92 Å². The van der Waals surface area contributed by atoms with Crippen molar-refractivity contribution in [2.45, 2.75) is 45.2 Å². The maximum Gasteiger partial charge on any atom is 0.325 e. The van der Waals surface area contributed by atoms with E-state index in [2.05, 4.69) is 10.6 Å². The average molecular weight is 367 g/mol. The van der Waals surface area contributed by atoms with Gasteiger partial charge < -0.3 is 10.6 Å². The van der Waals surface area contributed by atoms with Gasteiger partial charge in [-0.05, 0) is 42.2 Å². The molecule has 0 saturated carbocycles. The summed E-state index contributed by atoms with van der Waals surface area (Å²) in [5, 5.41) is 7.67. The summed E-state index contributed by atoms with van der Waals surface area (Å²) in [5.74, 6) is -0.738. The minimum Gasteiger partial charge on any atom is -0.352 e. The van der Waals surface area contributed by atoms with Crippen LogP contribution in [0.25, 0.3) is 10.8 Å². The molecule has 142 valence electrons. The Morgan fingerprint density at radius 1 is 1.11 bits per heavy atom. The molecule has 1 aliphatic heterocycles. The third-order valence-electron chi connectivity index (χ3n) is 5.25. The van der Waals surface area contributed by atoms with E-state index in [1.807, 2.05) is 56.3 Å². The quantitative estimate of drug-likeness (QED) is 0.771. The molecule has 1 unspecified atom stereocenters. The molecule has 3 rings (SSSR count). The number of imide groups is 1. The molecule has 4 amide bonds. The number of nitrogens with zero attached hydrogens (tertiary/aromatic N) is 1. The van der Waals surface area contributed by atoms with Gasteiger partial charge in [-0.15, -0.1) is 0 Å². The van der Waals surface area contributed by atoms with Crippen LogP contribution in [-0.2, 0) is 15.1 Å². The lowest BCUT2D eigenvalue weighted by Gasteiger charge is -2.23. The lowest BCUT2D eigenvalue weighted by molar-refractivity contribution is -0.135. The first-order valence-electron chi connectivity index (χ1n) is 9.31. The molecule has 1 aliphatic rings. The van der Waals surface area contributed by atoms with Crippen LogP contribution in [0.4, 0.5) is 4.79 Å². The summed E-state index contributed by atoms with van der Waals surface area (Å²) >= 11 is 0. The lowest BCUT2D eigenvalue weighted by Crippen LogP contribution is -2.45. The van der Waals surface area contributed by atoms with Gasteiger partial charge in [0, 0.05) is 6.04 Å². The zero-order valence-electron chi connectivity index (χ0n) is 15.9. The Labute approximate surface area is 158 Å². The normalized spacial score (nSPS) is 19.6. The molecule has 2 N–H and O–H groups in total. The number of urea groups is 1. The highest BCUT2D eigenvalue weighted by Crippen LogP contribution is 2.30. The molecule has 2 aromatic carbocycles. The van der Waals surface area contributed by atoms with Crippen LogP contribution in [0.5, 0.6) is 0 Å². The van der Waals surface area contributed by atoms with Gasteiger partial charge in [-0.25, -0.2) is 4.79 Å². The van der Waals surface area contributed by atoms with E-state index in [-0.39, 0.29) is 18.5 Å². The predicted molar refractivity (Wildman–Crippen MR) is 104 cm³/mol. The van der Waals surface area contributed by atoms with Crippen LogP contribution in [-0.4, -0.2) is 35.3 Å². The fourth-order valence-corrected chi connectivity index (χ4v) is 3.45. The molecule has 2 aromatic rings. The van der Waals surface area contributed by atoms with Gasteiger partial charge in [0.25, 0.3) is 5.91 Å². The summed E-state index contributed by atoms with van der Waals surface area (Å²) in [6, 6.07) is 13.0. The highest BCUT2D eigenvalue weighted by molar-refractivity contribution is 6.09. The number of nitrogens with one attached hydrogen (secondary N) is 2. The summed E-state index contributed by atoms with van der Waals surface area (Å²) in [5.41, 5.74) is -0.488. The summed E-state index contributed by atoms with van der Waals surface area (Å²) in [6.07, 6.45) is 1.61. The van der Waals surface area contributed by atoms with Gasteiger partial charge in [-0.3, -0.25) is 14.5 Å². The number of hydrogen-bond acceptors (Lipinski definition) is 3. The molecule has 0 bridgehead atoms. The first-order valence-corrected chi connectivity index (χ1v) is 9.31. The van der Waals surface area contributed by atoms with Gasteiger partial charge in [-0.1, -0.05) is 50.2 Å². The Morgan fingerprint density at radius 3 is 2.44 bits per heavy atom. The van der Waals surface area contributed by atoms with E-state index in [4.69, 9.17) is 0 Å². The molecule has 0 radical (unpaired) electrons. The number of benzene rings is 2. The monoisotopic (exact) mass is 367 g/mol. The standard InChI is InChI=1S/C21H25N3O3/c1-4-17(5-2)22-18(25)13-24-19(26)21(3,23-20(24)27)16-11-10-14-8-6-7-9-15(14)12-16/h6-12,17H,4-5,13H2,1-3H3,(H,22,25)(H,23,27). The van der Waals surface area contributed by atoms with Crippen molar-refractivity contribution in [3.05, 3.63) is 48.0 Å². The number of carbonyl (C=O) groups excluding carboxylic acids is 3. The maximum atomic E-state index is 13.0. The molecular formula is C21H25N3O3. The third kappa shape index (κ3) is 3.52. The number of hydrogen-bond donors (Lipinski definition) is 2. The second-order valence-corrected chi connectivity index (χ2v) is 7.09. The van der Waals surface area contributed by atoms with E-state index >= 15 is 0 Å². The van der Waals surface area contributed by atoms with Crippen LogP contribution in [0.15, 0.2) is 42.5 Å². The van der Waals surface area contributed by atoms with E-state index in [0.717, 1.165) is 28.5 Å². The summed E-state index contributed by atoms with van der Waals surface area (Å²) in [7, 11) is 0. The average Bonchev–Trinajstić information content (AvgIpc) is 2.89. The fraction of sp³-hybridized carbons (Fsp3) is 0.381. The smallest absolute Gasteiger partial charge is 0.325 e. The van der Waals surface area contributed by atoms with Gasteiger partial charge in [0.15, 0.2) is 0 Å². The molecular weight excluding hydrogens is 342 g/mol. The van der Waals surface area contributed by atoms with Crippen molar-refractivity contribution >= 4 is 28.6 Å². The highest BCUT2D eigenvalue weighted by Gasteiger charge is 2.49. The summed E-state index contributed by atoms with van der Waals surface area (Å²) in [6.45, 7) is 5.37. The largest absolute Gasteiger partial charge is 0.352 e. The van der Waals surface area contributed by atoms with Crippen LogP contribution >= 0.6 is 0 Å². The zero-order chi connectivity index (χ0) is 19.6. The molecule has 27 heavy (non-hydrogen) atoms. The number of fused-ring (bicyclic) bond motifs is 1. The Bertz CT molecular complexity index is 891. The Hall–Kier alpha value is -2.89. The van der Waals surface area contributed by atoms with E-state index < -0.39 is 17.5 Å². The molecule has 1 atom stereocenters. The Balaban J connectivity index is 1.82. The van der Waals surface area contributed by atoms with Crippen molar-refractivity contribution in [2.24, 2.45) is 0 Å². The topological polar surface area (TPSA) is 78.5 Å². The molecule has 1 heterocycles. The molecule has 1 fully saturated rings. The van der Waals surface area contributed by atoms with Crippen molar-refractivity contribution in [1.82, 2.24) is 15.5 Å². The van der Waals surface area contributed by atoms with Crippen LogP contribution in [0.1, 0.15) is 39.2 Å². The molecule has 0 aromatic heterocycles. The number of rotatable bonds is 6. The van der Waals surface area contributed by atoms with Crippen molar-refractivity contribution < 1.29 is 14.4 Å². The maximum absolute atomic E-state index is 13.0. The van der Waals surface area contributed by atoms with Crippen molar-refractivity contribution in [3.63, 3.8) is 0 Å². The fourth-order valence-electron chi connectivity index (χ4n) is 3.45. The van der Waals surface area contributed by atoms with Gasteiger partial charge in [0.1, 0.15) is 12.1 Å². The lowest BCUT2D eigenvalue weighted by atomic mass is 9.90. The van der Waals surface area contributed by atoms with E-state index in [1.165, 1.54) is 0 Å². The SMILES string of the molecule is CCC(CC)NC(=O)CN1C(=O)NC(C)(c2ccc3ccccc3c2)C1=O. The second kappa shape index (κ2) is 7.39. The number of amides is 4. The second-order valence-electron chi connectivity index (χ2n) is 7.09. The van der Waals surface area contributed by atoms with Crippen LogP contribution in [0, 0.1) is 0 Å². The van der Waals surface area contributed by atoms with Crippen molar-refractivity contribution in [2.75, 3.05) is 6.54 Å². The summed E-state index contributed by atoms with van der Waals surface area (Å²) in [4.78, 5) is 38.7. The van der Waals surface area contributed by atoms with E-state index in [0.29, 0.717) is 5.56 Å². The summed E-state index contributed by atoms with van der Waals surface area (Å²) < 4.78 is 0. The molecule has 6 heteroatoms. The first-order chi connectivity index (χ1) is 12.9. The molecule has 0 aliphatic carbocycles. The molecule has 0 spiro atoms. The number of carbonyl (C=O) groups is 3. The predicted octanol–water partition coefficient (Wildman–Crippen LogP) is 2.91. The van der Waals surface area contributed by atoms with Gasteiger partial charge in [0.2, 0.25) is 5.91 Å². The van der Waals surface area contributed by atoms with Crippen molar-refractivity contribution in [3.8, 4) is 0 Å². The highest BCUT2D eigenvalue weighted by atomic mass is 16.2. The Morgan fingerprint density at radius 2 is 1.78 bits per heavy atom. The van der Waals surface area contributed by atoms with Gasteiger partial charge in [-0.2, -0.15) is 0 Å². The van der Waals surface area contributed by atoms with Crippen LogP contribution < -0.4 is 10.6 Å². The molecule has 1 saturated heterocycles. The molecule has 6 nitrogen and oxygen atoms in total. The Kier molecular flexibility index (Phi) is 5.17. The minimum absolute atomic E-state index is 0.0464. The van der Waals surface area contributed by atoms with E-state index in [9.17, 15) is 14.4 Å². The van der Waals surface area contributed by atoms with Crippen LogP contribution in [0.3, 0.4) is 0 Å².